The molecular formula is C11H17NO2S. The second-order valence-corrected chi connectivity index (χ2v) is 2.60. The molecule has 0 N–H and O–H groups in total. The van der Waals surface area contributed by atoms with Gasteiger partial charge in [-0.2, -0.15) is 12.6 Å². The monoisotopic (exact) mass is 227 g/mol. The van der Waals surface area contributed by atoms with Gasteiger partial charge >= 0.3 is 0 Å². The number of ether oxygens (including phenoxy) is 2. The first-order valence-corrected chi connectivity index (χ1v) is 5.28. The lowest BCUT2D eigenvalue weighted by atomic mass is 10.2. The molecule has 0 aromatic heterocycles. The van der Waals surface area contributed by atoms with Gasteiger partial charge in [0, 0.05) is 7.11 Å². The van der Waals surface area contributed by atoms with Crippen LogP contribution in [0.4, 0.5) is 5.69 Å². The van der Waals surface area contributed by atoms with Gasteiger partial charge in [0.15, 0.2) is 0 Å². The Morgan fingerprint density at radius 3 is 2.47 bits per heavy atom. The Bertz CT molecular complexity index is 303. The lowest BCUT2D eigenvalue weighted by Crippen LogP contribution is -1.89. The molecule has 3 nitrogen and oxygen atoms in total. The van der Waals surface area contributed by atoms with Gasteiger partial charge in [-0.3, -0.25) is 4.99 Å². The Hall–Kier alpha value is -1.000. The molecule has 0 unspecified atom stereocenters. The minimum Gasteiger partial charge on any atom is -0.494 e. The summed E-state index contributed by atoms with van der Waals surface area (Å²) in [7, 11) is 3.27. The second-order valence-electron chi connectivity index (χ2n) is 2.60. The van der Waals surface area contributed by atoms with E-state index < -0.39 is 0 Å². The Balaban J connectivity index is 0.000000921. The van der Waals surface area contributed by atoms with E-state index in [-0.39, 0.29) is 0 Å². The van der Waals surface area contributed by atoms with E-state index in [1.165, 1.54) is 0 Å². The van der Waals surface area contributed by atoms with Crippen molar-refractivity contribution >= 4 is 25.0 Å². The van der Waals surface area contributed by atoms with E-state index in [1.807, 2.05) is 18.2 Å². The van der Waals surface area contributed by atoms with Gasteiger partial charge in [0.2, 0.25) is 0 Å². The number of benzene rings is 1. The van der Waals surface area contributed by atoms with E-state index in [4.69, 9.17) is 9.47 Å². The molecule has 0 aliphatic rings. The number of rotatable bonds is 4. The van der Waals surface area contributed by atoms with Gasteiger partial charge in [-0.25, -0.2) is 0 Å². The van der Waals surface area contributed by atoms with Crippen LogP contribution in [-0.4, -0.2) is 27.2 Å². The number of hydrogen-bond donors (Lipinski definition) is 1. The van der Waals surface area contributed by atoms with Crippen molar-refractivity contribution in [1.82, 2.24) is 0 Å². The highest BCUT2D eigenvalue weighted by Gasteiger charge is 2.01. The normalized spacial score (nSPS) is 8.80. The summed E-state index contributed by atoms with van der Waals surface area (Å²) >= 11 is 3.53. The van der Waals surface area contributed by atoms with Crippen LogP contribution in [0.1, 0.15) is 5.56 Å². The minimum atomic E-state index is 0.577. The molecule has 0 saturated carbocycles. The average molecular weight is 227 g/mol. The molecule has 0 fully saturated rings. The zero-order valence-electron chi connectivity index (χ0n) is 9.36. The van der Waals surface area contributed by atoms with Crippen molar-refractivity contribution in [2.45, 2.75) is 6.61 Å². The molecule has 84 valence electrons. The highest BCUT2D eigenvalue weighted by Crippen LogP contribution is 2.27. The Kier molecular flexibility index (Phi) is 7.77. The van der Waals surface area contributed by atoms with Crippen molar-refractivity contribution in [2.24, 2.45) is 4.99 Å². The first-order valence-electron chi connectivity index (χ1n) is 4.39. The quantitative estimate of drug-likeness (QED) is 0.633. The first-order chi connectivity index (χ1) is 7.31. The predicted molar refractivity (Wildman–Crippen MR) is 67.8 cm³/mol. The summed E-state index contributed by atoms with van der Waals surface area (Å²) in [5.41, 5.74) is 1.81. The van der Waals surface area contributed by atoms with E-state index >= 15 is 0 Å². The standard InChI is InChI=1S/C10H13NO2.CH4S/c1-11-9-5-4-8(7-12-2)6-10(9)13-3;1-2/h4-6H,1,7H2,2-3H3;2H,1H3. The summed E-state index contributed by atoms with van der Waals surface area (Å²) in [5, 5.41) is 0. The van der Waals surface area contributed by atoms with Gasteiger partial charge in [0.25, 0.3) is 0 Å². The van der Waals surface area contributed by atoms with Gasteiger partial charge in [-0.1, -0.05) is 6.07 Å². The predicted octanol–water partition coefficient (Wildman–Crippen LogP) is 2.72. The zero-order chi connectivity index (χ0) is 11.7. The van der Waals surface area contributed by atoms with Crippen molar-refractivity contribution in [2.75, 3.05) is 20.5 Å². The van der Waals surface area contributed by atoms with Crippen LogP contribution in [0.15, 0.2) is 23.2 Å². The fourth-order valence-electron chi connectivity index (χ4n) is 1.11. The van der Waals surface area contributed by atoms with Crippen LogP contribution in [0.25, 0.3) is 0 Å². The maximum atomic E-state index is 5.13. The van der Waals surface area contributed by atoms with Gasteiger partial charge in [-0.15, -0.1) is 0 Å². The summed E-state index contributed by atoms with van der Waals surface area (Å²) in [4.78, 5) is 3.83. The first kappa shape index (κ1) is 14.0. The molecule has 0 aliphatic carbocycles. The molecule has 0 radical (unpaired) electrons. The number of thiol groups is 1. The zero-order valence-corrected chi connectivity index (χ0v) is 10.3. The Morgan fingerprint density at radius 1 is 1.33 bits per heavy atom. The highest BCUT2D eigenvalue weighted by molar-refractivity contribution is 7.79. The molecule has 0 atom stereocenters. The van der Waals surface area contributed by atoms with E-state index in [0.717, 1.165) is 17.0 Å². The van der Waals surface area contributed by atoms with Crippen molar-refractivity contribution in [3.8, 4) is 5.75 Å². The molecule has 0 spiro atoms. The van der Waals surface area contributed by atoms with Crippen LogP contribution in [0.3, 0.4) is 0 Å². The van der Waals surface area contributed by atoms with Gasteiger partial charge in [-0.05, 0) is 30.7 Å². The molecule has 0 saturated heterocycles. The largest absolute Gasteiger partial charge is 0.494 e. The third kappa shape index (κ3) is 4.36. The summed E-state index contributed by atoms with van der Waals surface area (Å²) < 4.78 is 10.1. The summed E-state index contributed by atoms with van der Waals surface area (Å²) in [5.74, 6) is 0.726. The van der Waals surface area contributed by atoms with Gasteiger partial charge < -0.3 is 9.47 Å². The fraction of sp³-hybridized carbons (Fsp3) is 0.364. The van der Waals surface area contributed by atoms with Crippen molar-refractivity contribution in [3.63, 3.8) is 0 Å². The number of aliphatic imine (C=N–C) groups is 1. The molecule has 1 aromatic rings. The number of nitrogens with zero attached hydrogens (tertiary/aromatic N) is 1. The SMILES string of the molecule is C=Nc1ccc(COC)cc1OC.CS. The topological polar surface area (TPSA) is 30.8 Å². The molecule has 4 heteroatoms. The lowest BCUT2D eigenvalue weighted by molar-refractivity contribution is 0.184. The second kappa shape index (κ2) is 8.32. The van der Waals surface area contributed by atoms with E-state index in [0.29, 0.717) is 6.61 Å². The fourth-order valence-corrected chi connectivity index (χ4v) is 1.11. The minimum absolute atomic E-state index is 0.577. The van der Waals surface area contributed by atoms with E-state index in [9.17, 15) is 0 Å². The third-order valence-corrected chi connectivity index (χ3v) is 1.73. The number of methoxy groups -OCH3 is 2. The van der Waals surface area contributed by atoms with Crippen LogP contribution < -0.4 is 4.74 Å². The summed E-state index contributed by atoms with van der Waals surface area (Å²) in [6.07, 6.45) is 1.69. The molecule has 15 heavy (non-hydrogen) atoms. The molecule has 1 rings (SSSR count). The van der Waals surface area contributed by atoms with Crippen molar-refractivity contribution in [1.29, 1.82) is 0 Å². The van der Waals surface area contributed by atoms with Crippen LogP contribution in [0.5, 0.6) is 5.75 Å². The summed E-state index contributed by atoms with van der Waals surface area (Å²) in [6.45, 7) is 4.03. The molecule has 0 heterocycles. The smallest absolute Gasteiger partial charge is 0.144 e. The van der Waals surface area contributed by atoms with Crippen LogP contribution in [-0.2, 0) is 11.3 Å². The molecule has 0 bridgehead atoms. The Morgan fingerprint density at radius 2 is 2.00 bits per heavy atom. The lowest BCUT2D eigenvalue weighted by Gasteiger charge is -2.06. The Labute approximate surface area is 96.5 Å². The maximum absolute atomic E-state index is 5.13. The van der Waals surface area contributed by atoms with Crippen LogP contribution >= 0.6 is 12.6 Å². The maximum Gasteiger partial charge on any atom is 0.144 e. The average Bonchev–Trinajstić information content (AvgIpc) is 2.32. The molecular weight excluding hydrogens is 210 g/mol. The van der Waals surface area contributed by atoms with Crippen molar-refractivity contribution < 1.29 is 9.47 Å². The number of hydrogen-bond acceptors (Lipinski definition) is 4. The van der Waals surface area contributed by atoms with E-state index in [2.05, 4.69) is 24.3 Å². The van der Waals surface area contributed by atoms with Crippen LogP contribution in [0, 0.1) is 0 Å². The molecule has 1 aromatic carbocycles. The third-order valence-electron chi connectivity index (χ3n) is 1.73. The van der Waals surface area contributed by atoms with Crippen LogP contribution in [0.2, 0.25) is 0 Å². The molecule has 0 amide bonds. The highest BCUT2D eigenvalue weighted by atomic mass is 32.1. The van der Waals surface area contributed by atoms with Gasteiger partial charge in [0.1, 0.15) is 11.4 Å². The molecule has 0 aliphatic heterocycles. The summed E-state index contributed by atoms with van der Waals surface area (Å²) in [6, 6.07) is 5.70. The van der Waals surface area contributed by atoms with Gasteiger partial charge in [0.05, 0.1) is 13.7 Å². The van der Waals surface area contributed by atoms with Crippen molar-refractivity contribution in [3.05, 3.63) is 23.8 Å². The van der Waals surface area contributed by atoms with E-state index in [1.54, 1.807) is 20.5 Å².